The molecule has 1 amide bonds. The molecule has 0 unspecified atom stereocenters. The number of hydrogen-bond donors (Lipinski definition) is 1. The van der Waals surface area contributed by atoms with E-state index >= 15 is 0 Å². The minimum absolute atomic E-state index is 0.0973. The first-order chi connectivity index (χ1) is 10.2. The fourth-order valence-corrected chi connectivity index (χ4v) is 2.11. The first-order valence-electron chi connectivity index (χ1n) is 7.16. The van der Waals surface area contributed by atoms with Crippen molar-refractivity contribution in [2.45, 2.75) is 26.3 Å². The number of amides is 1. The van der Waals surface area contributed by atoms with Crippen LogP contribution in [0.25, 0.3) is 11.1 Å². The summed E-state index contributed by atoms with van der Waals surface area (Å²) >= 11 is 0. The van der Waals surface area contributed by atoms with Crippen LogP contribution in [0.5, 0.6) is 5.75 Å². The summed E-state index contributed by atoms with van der Waals surface area (Å²) in [6.45, 7) is 3.35. The molecule has 0 radical (unpaired) electrons. The molecule has 21 heavy (non-hydrogen) atoms. The van der Waals surface area contributed by atoms with E-state index in [2.05, 4.69) is 10.4 Å². The third-order valence-corrected chi connectivity index (χ3v) is 3.22. The van der Waals surface area contributed by atoms with Gasteiger partial charge in [-0.2, -0.15) is 5.10 Å². The first kappa shape index (κ1) is 15.1. The average molecular weight is 287 g/mol. The Morgan fingerprint density at radius 3 is 2.71 bits per heavy atom. The van der Waals surface area contributed by atoms with Crippen LogP contribution in [-0.4, -0.2) is 29.3 Å². The Bertz CT molecular complexity index is 575. The van der Waals surface area contributed by atoms with Crippen molar-refractivity contribution >= 4 is 5.91 Å². The second-order valence-electron chi connectivity index (χ2n) is 4.78. The third kappa shape index (κ3) is 4.34. The van der Waals surface area contributed by atoms with Crippen molar-refractivity contribution in [1.29, 1.82) is 0 Å². The van der Waals surface area contributed by atoms with Crippen LogP contribution < -0.4 is 10.1 Å². The number of nitrogens with one attached hydrogen (secondary N) is 1. The van der Waals surface area contributed by atoms with Crippen molar-refractivity contribution in [1.82, 2.24) is 15.1 Å². The molecule has 0 saturated heterocycles. The number of carbonyl (C=O) groups excluding carboxylic acids is 1. The molecule has 0 fully saturated rings. The molecule has 0 aliphatic rings. The van der Waals surface area contributed by atoms with Crippen LogP contribution in [0.2, 0.25) is 0 Å². The second kappa shape index (κ2) is 7.47. The minimum Gasteiger partial charge on any atom is -0.497 e. The van der Waals surface area contributed by atoms with E-state index in [1.54, 1.807) is 7.11 Å². The van der Waals surface area contributed by atoms with Crippen LogP contribution in [-0.2, 0) is 11.3 Å². The van der Waals surface area contributed by atoms with E-state index in [9.17, 15) is 4.79 Å². The highest BCUT2D eigenvalue weighted by Crippen LogP contribution is 2.21. The van der Waals surface area contributed by atoms with E-state index < -0.39 is 0 Å². The van der Waals surface area contributed by atoms with E-state index in [0.29, 0.717) is 13.0 Å². The fourth-order valence-electron chi connectivity index (χ4n) is 2.11. The molecule has 1 aromatic heterocycles. The zero-order valence-electron chi connectivity index (χ0n) is 12.5. The molecule has 2 aromatic rings. The number of nitrogens with zero attached hydrogens (tertiary/aromatic N) is 2. The number of rotatable bonds is 7. The Hall–Kier alpha value is -2.30. The minimum atomic E-state index is 0.0973. The zero-order chi connectivity index (χ0) is 15.1. The van der Waals surface area contributed by atoms with E-state index in [-0.39, 0.29) is 5.91 Å². The molecular formula is C16H21N3O2. The maximum atomic E-state index is 11.4. The molecule has 0 saturated carbocycles. The van der Waals surface area contributed by atoms with Gasteiger partial charge in [-0.1, -0.05) is 12.1 Å². The van der Waals surface area contributed by atoms with Crippen LogP contribution in [0.15, 0.2) is 36.7 Å². The van der Waals surface area contributed by atoms with Gasteiger partial charge in [0.05, 0.1) is 13.3 Å². The van der Waals surface area contributed by atoms with Gasteiger partial charge in [0.15, 0.2) is 0 Å². The number of benzene rings is 1. The number of methoxy groups -OCH3 is 1. The predicted molar refractivity (Wildman–Crippen MR) is 82.1 cm³/mol. The lowest BCUT2D eigenvalue weighted by molar-refractivity contribution is -0.121. The summed E-state index contributed by atoms with van der Waals surface area (Å²) < 4.78 is 7.02. The number of hydrogen-bond acceptors (Lipinski definition) is 3. The first-order valence-corrected chi connectivity index (χ1v) is 7.16. The van der Waals surface area contributed by atoms with Crippen LogP contribution in [0.1, 0.15) is 19.8 Å². The summed E-state index contributed by atoms with van der Waals surface area (Å²) in [5.74, 6) is 0.938. The monoisotopic (exact) mass is 287 g/mol. The Balaban J connectivity index is 1.90. The van der Waals surface area contributed by atoms with Gasteiger partial charge < -0.3 is 10.1 Å². The smallest absolute Gasteiger partial charge is 0.220 e. The lowest BCUT2D eigenvalue weighted by Crippen LogP contribution is -2.22. The molecule has 5 heteroatoms. The molecule has 0 spiro atoms. The largest absolute Gasteiger partial charge is 0.497 e. The van der Waals surface area contributed by atoms with Crippen LogP contribution in [0.4, 0.5) is 0 Å². The molecule has 5 nitrogen and oxygen atoms in total. The Morgan fingerprint density at radius 2 is 2.05 bits per heavy atom. The maximum absolute atomic E-state index is 11.4. The number of aromatic nitrogens is 2. The van der Waals surface area contributed by atoms with Crippen molar-refractivity contribution in [3.8, 4) is 16.9 Å². The molecule has 0 atom stereocenters. The van der Waals surface area contributed by atoms with Gasteiger partial charge in [0.25, 0.3) is 0 Å². The van der Waals surface area contributed by atoms with Crippen LogP contribution >= 0.6 is 0 Å². The predicted octanol–water partition coefficient (Wildman–Crippen LogP) is 2.48. The topological polar surface area (TPSA) is 56.2 Å². The molecule has 1 aromatic carbocycles. The Labute approximate surface area is 124 Å². The molecule has 1 heterocycles. The number of ether oxygens (including phenoxy) is 1. The van der Waals surface area contributed by atoms with E-state index in [0.717, 1.165) is 29.8 Å². The van der Waals surface area contributed by atoms with Crippen molar-refractivity contribution < 1.29 is 9.53 Å². The molecule has 112 valence electrons. The quantitative estimate of drug-likeness (QED) is 0.851. The fraction of sp³-hybridized carbons (Fsp3) is 0.375. The molecule has 0 bridgehead atoms. The lowest BCUT2D eigenvalue weighted by atomic mass is 10.1. The van der Waals surface area contributed by atoms with Gasteiger partial charge in [0.2, 0.25) is 5.91 Å². The Morgan fingerprint density at radius 1 is 1.29 bits per heavy atom. The molecule has 2 rings (SSSR count). The highest BCUT2D eigenvalue weighted by molar-refractivity contribution is 5.75. The highest BCUT2D eigenvalue weighted by atomic mass is 16.5. The summed E-state index contributed by atoms with van der Waals surface area (Å²) in [6, 6.07) is 7.88. The van der Waals surface area contributed by atoms with Crippen molar-refractivity contribution in [3.63, 3.8) is 0 Å². The van der Waals surface area contributed by atoms with Crippen LogP contribution in [0.3, 0.4) is 0 Å². The molecule has 0 aliphatic heterocycles. The van der Waals surface area contributed by atoms with Gasteiger partial charge in [0, 0.05) is 31.3 Å². The highest BCUT2D eigenvalue weighted by Gasteiger charge is 2.04. The summed E-state index contributed by atoms with van der Waals surface area (Å²) in [5.41, 5.74) is 2.17. The van der Waals surface area contributed by atoms with Gasteiger partial charge in [-0.05, 0) is 31.0 Å². The van der Waals surface area contributed by atoms with Crippen molar-refractivity contribution in [3.05, 3.63) is 36.7 Å². The van der Waals surface area contributed by atoms with Gasteiger partial charge >= 0.3 is 0 Å². The third-order valence-electron chi connectivity index (χ3n) is 3.22. The SMILES string of the molecule is CCNC(=O)CCCn1cc(-c2ccc(OC)cc2)cn1. The van der Waals surface area contributed by atoms with Crippen molar-refractivity contribution in [2.75, 3.05) is 13.7 Å². The molecular weight excluding hydrogens is 266 g/mol. The zero-order valence-corrected chi connectivity index (χ0v) is 12.5. The van der Waals surface area contributed by atoms with Crippen LogP contribution in [0, 0.1) is 0 Å². The summed E-state index contributed by atoms with van der Waals surface area (Å²) in [6.07, 6.45) is 5.16. The number of carbonyl (C=O) groups is 1. The normalized spacial score (nSPS) is 10.4. The second-order valence-corrected chi connectivity index (χ2v) is 4.78. The van der Waals surface area contributed by atoms with Crippen molar-refractivity contribution in [2.24, 2.45) is 0 Å². The van der Waals surface area contributed by atoms with E-state index in [1.165, 1.54) is 0 Å². The van der Waals surface area contributed by atoms with Gasteiger partial charge in [0.1, 0.15) is 5.75 Å². The molecule has 1 N–H and O–H groups in total. The van der Waals surface area contributed by atoms with Gasteiger partial charge in [-0.15, -0.1) is 0 Å². The lowest BCUT2D eigenvalue weighted by Gasteiger charge is -2.03. The van der Waals surface area contributed by atoms with Gasteiger partial charge in [-0.25, -0.2) is 0 Å². The summed E-state index contributed by atoms with van der Waals surface area (Å²) in [5, 5.41) is 7.12. The molecule has 0 aliphatic carbocycles. The average Bonchev–Trinajstić information content (AvgIpc) is 2.96. The van der Waals surface area contributed by atoms with E-state index in [4.69, 9.17) is 4.74 Å². The number of aryl methyl sites for hydroxylation is 1. The summed E-state index contributed by atoms with van der Waals surface area (Å²) in [7, 11) is 1.65. The maximum Gasteiger partial charge on any atom is 0.220 e. The van der Waals surface area contributed by atoms with E-state index in [1.807, 2.05) is 48.3 Å². The Kier molecular flexibility index (Phi) is 5.37. The standard InChI is InChI=1S/C16H21N3O2/c1-3-17-16(20)5-4-10-19-12-14(11-18-19)13-6-8-15(21-2)9-7-13/h6-9,11-12H,3-5,10H2,1-2H3,(H,17,20). The summed E-state index contributed by atoms with van der Waals surface area (Å²) in [4.78, 5) is 11.4. The van der Waals surface area contributed by atoms with Gasteiger partial charge in [-0.3, -0.25) is 9.48 Å².